The van der Waals surface area contributed by atoms with E-state index in [9.17, 15) is 5.11 Å². The minimum Gasteiger partial charge on any atom is -0.508 e. The SMILES string of the molecule is CSC(=S)c1c(C)cc(O)c(C)c1C. The maximum absolute atomic E-state index is 9.61. The number of aryl methyl sites for hydroxylation is 1. The fraction of sp³-hybridized carbons (Fsp3) is 0.364. The third kappa shape index (κ3) is 1.93. The first-order valence-corrected chi connectivity index (χ1v) is 6.00. The van der Waals surface area contributed by atoms with Crippen LogP contribution in [0.4, 0.5) is 0 Å². The second-order valence-corrected chi connectivity index (χ2v) is 4.81. The van der Waals surface area contributed by atoms with Crippen molar-refractivity contribution >= 4 is 28.2 Å². The lowest BCUT2D eigenvalue weighted by atomic mass is 9.99. The summed E-state index contributed by atoms with van der Waals surface area (Å²) in [7, 11) is 0. The largest absolute Gasteiger partial charge is 0.508 e. The number of hydrogen-bond acceptors (Lipinski definition) is 3. The molecule has 1 rings (SSSR count). The number of hydrogen-bond donors (Lipinski definition) is 1. The number of phenols is 1. The molecule has 0 fully saturated rings. The summed E-state index contributed by atoms with van der Waals surface area (Å²) in [6.07, 6.45) is 1.98. The van der Waals surface area contributed by atoms with Crippen molar-refractivity contribution in [1.29, 1.82) is 0 Å². The van der Waals surface area contributed by atoms with Gasteiger partial charge >= 0.3 is 0 Å². The first-order valence-electron chi connectivity index (χ1n) is 4.37. The zero-order chi connectivity index (χ0) is 10.9. The molecule has 1 nitrogen and oxygen atoms in total. The Hall–Kier alpha value is -0.540. The number of aromatic hydroxyl groups is 1. The van der Waals surface area contributed by atoms with Crippen LogP contribution in [0, 0.1) is 20.8 Å². The third-order valence-corrected chi connectivity index (χ3v) is 3.74. The molecule has 0 unspecified atom stereocenters. The summed E-state index contributed by atoms with van der Waals surface area (Å²) in [5.41, 5.74) is 4.15. The fourth-order valence-corrected chi connectivity index (χ4v) is 2.31. The van der Waals surface area contributed by atoms with Crippen molar-refractivity contribution in [3.8, 4) is 5.75 Å². The van der Waals surface area contributed by atoms with Crippen LogP contribution in [0.1, 0.15) is 22.3 Å². The molecule has 1 aromatic rings. The van der Waals surface area contributed by atoms with Crippen molar-refractivity contribution in [3.63, 3.8) is 0 Å². The monoisotopic (exact) mass is 226 g/mol. The highest BCUT2D eigenvalue weighted by atomic mass is 32.2. The van der Waals surface area contributed by atoms with Gasteiger partial charge in [-0.2, -0.15) is 0 Å². The van der Waals surface area contributed by atoms with Crippen molar-refractivity contribution in [2.45, 2.75) is 20.8 Å². The van der Waals surface area contributed by atoms with Crippen LogP contribution in [0.5, 0.6) is 5.75 Å². The average Bonchev–Trinajstić information content (AvgIpc) is 2.14. The van der Waals surface area contributed by atoms with E-state index < -0.39 is 0 Å². The number of thiocarbonyl (C=S) groups is 1. The van der Waals surface area contributed by atoms with Gasteiger partial charge in [-0.3, -0.25) is 0 Å². The van der Waals surface area contributed by atoms with Gasteiger partial charge in [-0.25, -0.2) is 0 Å². The van der Waals surface area contributed by atoms with Gasteiger partial charge in [-0.15, -0.1) is 11.8 Å². The van der Waals surface area contributed by atoms with Gasteiger partial charge < -0.3 is 5.11 Å². The van der Waals surface area contributed by atoms with E-state index in [0.29, 0.717) is 5.75 Å². The Morgan fingerprint density at radius 3 is 2.36 bits per heavy atom. The average molecular weight is 226 g/mol. The lowest BCUT2D eigenvalue weighted by molar-refractivity contribution is 0.470. The third-order valence-electron chi connectivity index (χ3n) is 2.46. The Labute approximate surface area is 94.5 Å². The predicted octanol–water partition coefficient (Wildman–Crippen LogP) is 3.36. The smallest absolute Gasteiger partial charge is 0.119 e. The Morgan fingerprint density at radius 2 is 1.86 bits per heavy atom. The maximum atomic E-state index is 9.61. The highest BCUT2D eigenvalue weighted by Crippen LogP contribution is 2.29. The molecule has 0 aliphatic rings. The zero-order valence-electron chi connectivity index (χ0n) is 8.84. The van der Waals surface area contributed by atoms with Crippen molar-refractivity contribution in [2.75, 3.05) is 6.26 Å². The van der Waals surface area contributed by atoms with E-state index >= 15 is 0 Å². The molecule has 0 saturated heterocycles. The predicted molar refractivity (Wildman–Crippen MR) is 67.5 cm³/mol. The molecule has 0 bridgehead atoms. The van der Waals surface area contributed by atoms with Crippen LogP contribution in [-0.2, 0) is 0 Å². The summed E-state index contributed by atoms with van der Waals surface area (Å²) in [5.74, 6) is 0.354. The number of benzene rings is 1. The fourth-order valence-electron chi connectivity index (χ4n) is 1.48. The van der Waals surface area contributed by atoms with Crippen LogP contribution in [0.15, 0.2) is 6.07 Å². The van der Waals surface area contributed by atoms with E-state index in [-0.39, 0.29) is 0 Å². The van der Waals surface area contributed by atoms with Gasteiger partial charge in [0.25, 0.3) is 0 Å². The van der Waals surface area contributed by atoms with E-state index in [1.54, 1.807) is 17.8 Å². The van der Waals surface area contributed by atoms with Gasteiger partial charge in [0.2, 0.25) is 0 Å². The van der Waals surface area contributed by atoms with Crippen LogP contribution < -0.4 is 0 Å². The van der Waals surface area contributed by atoms with Crippen molar-refractivity contribution in [2.24, 2.45) is 0 Å². The minimum absolute atomic E-state index is 0.354. The molecule has 0 amide bonds. The molecule has 0 aliphatic heterocycles. The topological polar surface area (TPSA) is 20.2 Å². The van der Waals surface area contributed by atoms with Gasteiger partial charge in [0.05, 0.1) is 4.20 Å². The standard InChI is InChI=1S/C11H14OS2/c1-6-5-9(12)7(2)8(3)10(6)11(13)14-4/h5,12H,1-4H3. The van der Waals surface area contributed by atoms with Crippen LogP contribution in [0.25, 0.3) is 0 Å². The molecular formula is C11H14OS2. The van der Waals surface area contributed by atoms with Gasteiger partial charge in [-0.1, -0.05) is 12.2 Å². The molecule has 1 N–H and O–H groups in total. The zero-order valence-corrected chi connectivity index (χ0v) is 10.5. The van der Waals surface area contributed by atoms with E-state index in [4.69, 9.17) is 12.2 Å². The van der Waals surface area contributed by atoms with E-state index in [1.165, 1.54) is 0 Å². The quantitative estimate of drug-likeness (QED) is 0.742. The Bertz CT molecular complexity index is 383. The van der Waals surface area contributed by atoms with Crippen molar-refractivity contribution < 1.29 is 5.11 Å². The normalized spacial score (nSPS) is 10.3. The van der Waals surface area contributed by atoms with E-state index in [0.717, 1.165) is 26.5 Å². The van der Waals surface area contributed by atoms with Crippen LogP contribution in [-0.4, -0.2) is 15.6 Å². The van der Waals surface area contributed by atoms with Crippen LogP contribution >= 0.6 is 24.0 Å². The molecule has 14 heavy (non-hydrogen) atoms. The second-order valence-electron chi connectivity index (χ2n) is 3.33. The van der Waals surface area contributed by atoms with Gasteiger partial charge in [0.1, 0.15) is 5.75 Å². The summed E-state index contributed by atoms with van der Waals surface area (Å²) in [4.78, 5) is 0. The highest BCUT2D eigenvalue weighted by molar-refractivity contribution is 8.23. The first-order chi connectivity index (χ1) is 6.49. The van der Waals surface area contributed by atoms with Gasteiger partial charge in [-0.05, 0) is 49.8 Å². The summed E-state index contributed by atoms with van der Waals surface area (Å²) in [6.45, 7) is 5.89. The molecule has 0 aromatic heterocycles. The maximum Gasteiger partial charge on any atom is 0.119 e. The Morgan fingerprint density at radius 1 is 1.29 bits per heavy atom. The first kappa shape index (κ1) is 11.5. The second kappa shape index (κ2) is 4.32. The molecule has 0 atom stereocenters. The van der Waals surface area contributed by atoms with Crippen molar-refractivity contribution in [3.05, 3.63) is 28.3 Å². The molecule has 0 aliphatic carbocycles. The van der Waals surface area contributed by atoms with Gasteiger partial charge in [0.15, 0.2) is 0 Å². The summed E-state index contributed by atoms with van der Waals surface area (Å²) >= 11 is 6.85. The van der Waals surface area contributed by atoms with E-state index in [2.05, 4.69) is 0 Å². The number of rotatable bonds is 1. The molecule has 0 heterocycles. The van der Waals surface area contributed by atoms with Crippen molar-refractivity contribution in [1.82, 2.24) is 0 Å². The Balaban J connectivity index is 3.44. The van der Waals surface area contributed by atoms with Crippen LogP contribution in [0.3, 0.4) is 0 Å². The lowest BCUT2D eigenvalue weighted by Crippen LogP contribution is -2.01. The summed E-state index contributed by atoms with van der Waals surface area (Å²) < 4.78 is 0.892. The minimum atomic E-state index is 0.354. The summed E-state index contributed by atoms with van der Waals surface area (Å²) in [6, 6.07) is 1.78. The van der Waals surface area contributed by atoms with E-state index in [1.807, 2.05) is 27.0 Å². The molecule has 0 radical (unpaired) electrons. The molecule has 1 aromatic carbocycles. The molecule has 0 saturated carbocycles. The number of thioether (sulfide) groups is 1. The highest BCUT2D eigenvalue weighted by Gasteiger charge is 2.12. The molecular weight excluding hydrogens is 212 g/mol. The lowest BCUT2D eigenvalue weighted by Gasteiger charge is -2.13. The molecule has 0 spiro atoms. The van der Waals surface area contributed by atoms with Gasteiger partial charge in [0, 0.05) is 5.56 Å². The molecule has 3 heteroatoms. The van der Waals surface area contributed by atoms with Crippen LogP contribution in [0.2, 0.25) is 0 Å². The summed E-state index contributed by atoms with van der Waals surface area (Å²) in [5, 5.41) is 9.61. The Kier molecular flexibility index (Phi) is 3.56. The number of phenolic OH excluding ortho intramolecular Hbond substituents is 1. The molecule has 76 valence electrons.